The van der Waals surface area contributed by atoms with E-state index in [2.05, 4.69) is 5.32 Å². The van der Waals surface area contributed by atoms with Crippen LogP contribution in [0.1, 0.15) is 45.1 Å². The Morgan fingerprint density at radius 1 is 1.24 bits per heavy atom. The summed E-state index contributed by atoms with van der Waals surface area (Å²) < 4.78 is 0. The van der Waals surface area contributed by atoms with Gasteiger partial charge in [-0.25, -0.2) is 0 Å². The fourth-order valence-corrected chi connectivity index (χ4v) is 4.32. The maximum absolute atomic E-state index is 12.9. The van der Waals surface area contributed by atoms with Crippen LogP contribution in [0.15, 0.2) is 41.6 Å². The standard InChI is InChI=1S/C21H27NO3/c1-13-17-9-6-10-18(17)22-20(13)19(24)12-16(21(25)14(2)23)11-15-7-4-3-5-8-15/h3-5,7-8,16-18,21-22,25H,6,9-12H2,1-2H3/t16-,17?,18?,21+/m1/s1. The number of ketones is 2. The smallest absolute Gasteiger partial charge is 0.179 e. The van der Waals surface area contributed by atoms with Crippen molar-refractivity contribution in [3.63, 3.8) is 0 Å². The van der Waals surface area contributed by atoms with Crippen LogP contribution in [0.2, 0.25) is 0 Å². The lowest BCUT2D eigenvalue weighted by atomic mass is 9.86. The van der Waals surface area contributed by atoms with Crippen LogP contribution in [0.4, 0.5) is 0 Å². The number of benzene rings is 1. The molecule has 4 heteroatoms. The molecule has 1 aromatic rings. The third-order valence-electron chi connectivity index (χ3n) is 5.73. The van der Waals surface area contributed by atoms with Crippen LogP contribution in [0, 0.1) is 11.8 Å². The predicted octanol–water partition coefficient (Wildman–Crippen LogP) is 2.80. The fourth-order valence-electron chi connectivity index (χ4n) is 4.32. The van der Waals surface area contributed by atoms with E-state index in [1.165, 1.54) is 13.3 Å². The van der Waals surface area contributed by atoms with E-state index in [0.717, 1.165) is 29.7 Å². The van der Waals surface area contributed by atoms with Crippen molar-refractivity contribution in [2.75, 3.05) is 0 Å². The molecule has 1 saturated carbocycles. The van der Waals surface area contributed by atoms with Crippen molar-refractivity contribution in [2.24, 2.45) is 11.8 Å². The highest BCUT2D eigenvalue weighted by atomic mass is 16.3. The van der Waals surface area contributed by atoms with Gasteiger partial charge in [0.25, 0.3) is 0 Å². The molecule has 25 heavy (non-hydrogen) atoms. The van der Waals surface area contributed by atoms with Gasteiger partial charge in [-0.1, -0.05) is 36.8 Å². The Morgan fingerprint density at radius 2 is 1.96 bits per heavy atom. The summed E-state index contributed by atoms with van der Waals surface area (Å²) in [4.78, 5) is 24.6. The molecule has 2 N–H and O–H groups in total. The average molecular weight is 341 g/mol. The van der Waals surface area contributed by atoms with Gasteiger partial charge in [0.15, 0.2) is 11.6 Å². The molecule has 4 nitrogen and oxygen atoms in total. The number of hydrogen-bond acceptors (Lipinski definition) is 4. The van der Waals surface area contributed by atoms with Crippen molar-refractivity contribution >= 4 is 11.6 Å². The van der Waals surface area contributed by atoms with Crippen molar-refractivity contribution in [1.82, 2.24) is 5.32 Å². The summed E-state index contributed by atoms with van der Waals surface area (Å²) in [6, 6.07) is 10.1. The number of fused-ring (bicyclic) bond motifs is 1. The first-order chi connectivity index (χ1) is 12.0. The molecule has 0 aromatic heterocycles. The summed E-state index contributed by atoms with van der Waals surface area (Å²) in [5, 5.41) is 13.7. The minimum Gasteiger partial charge on any atom is -0.385 e. The Balaban J connectivity index is 1.74. The molecule has 4 atom stereocenters. The number of aliphatic hydroxyl groups is 1. The van der Waals surface area contributed by atoms with E-state index in [1.807, 2.05) is 37.3 Å². The molecule has 2 unspecified atom stereocenters. The van der Waals surface area contributed by atoms with E-state index in [4.69, 9.17) is 0 Å². The molecular formula is C21H27NO3. The molecule has 1 heterocycles. The number of hydrogen-bond donors (Lipinski definition) is 2. The fraction of sp³-hybridized carbons (Fsp3) is 0.524. The number of aliphatic hydroxyl groups excluding tert-OH is 1. The van der Waals surface area contributed by atoms with Gasteiger partial charge in [0.2, 0.25) is 0 Å². The molecule has 0 amide bonds. The number of rotatable bonds is 7. The summed E-state index contributed by atoms with van der Waals surface area (Å²) in [5.74, 6) is -0.178. The van der Waals surface area contributed by atoms with Gasteiger partial charge in [-0.2, -0.15) is 0 Å². The second-order valence-electron chi connectivity index (χ2n) is 7.48. The lowest BCUT2D eigenvalue weighted by Crippen LogP contribution is -2.33. The number of carbonyl (C=O) groups excluding carboxylic acids is 2. The second-order valence-corrected chi connectivity index (χ2v) is 7.48. The highest BCUT2D eigenvalue weighted by Gasteiger charge is 2.38. The minimum absolute atomic E-state index is 0.0214. The van der Waals surface area contributed by atoms with E-state index < -0.39 is 12.0 Å². The van der Waals surface area contributed by atoms with Crippen LogP contribution in [0.5, 0.6) is 0 Å². The van der Waals surface area contributed by atoms with Crippen molar-refractivity contribution < 1.29 is 14.7 Å². The minimum atomic E-state index is -1.11. The first-order valence-corrected chi connectivity index (χ1v) is 9.20. The first kappa shape index (κ1) is 17.9. The number of Topliss-reactive ketones (excluding diaryl/α,β-unsaturated/α-hetero) is 2. The lowest BCUT2D eigenvalue weighted by molar-refractivity contribution is -0.128. The molecule has 2 aliphatic rings. The molecule has 0 bridgehead atoms. The number of allylic oxidation sites excluding steroid dienone is 1. The van der Waals surface area contributed by atoms with E-state index in [0.29, 0.717) is 18.4 Å². The van der Waals surface area contributed by atoms with Gasteiger partial charge in [0.1, 0.15) is 6.10 Å². The zero-order valence-electron chi connectivity index (χ0n) is 15.0. The Labute approximate surface area is 149 Å². The lowest BCUT2D eigenvalue weighted by Gasteiger charge is -2.21. The topological polar surface area (TPSA) is 66.4 Å². The summed E-state index contributed by atoms with van der Waals surface area (Å²) >= 11 is 0. The van der Waals surface area contributed by atoms with E-state index in [-0.39, 0.29) is 18.0 Å². The third kappa shape index (κ3) is 3.84. The van der Waals surface area contributed by atoms with Gasteiger partial charge in [0, 0.05) is 24.3 Å². The van der Waals surface area contributed by atoms with Crippen LogP contribution in [0.3, 0.4) is 0 Å². The van der Waals surface area contributed by atoms with Gasteiger partial charge < -0.3 is 10.4 Å². The largest absolute Gasteiger partial charge is 0.385 e. The Kier molecular flexibility index (Phi) is 5.38. The first-order valence-electron chi connectivity index (χ1n) is 9.20. The van der Waals surface area contributed by atoms with Crippen LogP contribution < -0.4 is 5.32 Å². The number of nitrogens with one attached hydrogen (secondary N) is 1. The monoisotopic (exact) mass is 341 g/mol. The highest BCUT2D eigenvalue weighted by Crippen LogP contribution is 2.38. The van der Waals surface area contributed by atoms with Crippen molar-refractivity contribution in [3.05, 3.63) is 47.2 Å². The molecule has 0 spiro atoms. The second kappa shape index (κ2) is 7.52. The van der Waals surface area contributed by atoms with E-state index >= 15 is 0 Å². The molecule has 0 radical (unpaired) electrons. The Bertz CT molecular complexity index is 680. The summed E-state index contributed by atoms with van der Waals surface area (Å²) in [6.07, 6.45) is 3.07. The molecule has 3 rings (SSSR count). The van der Waals surface area contributed by atoms with E-state index in [1.54, 1.807) is 0 Å². The number of carbonyl (C=O) groups is 2. The normalized spacial score (nSPS) is 24.6. The molecule has 1 aliphatic heterocycles. The van der Waals surface area contributed by atoms with Crippen molar-refractivity contribution in [2.45, 2.75) is 58.1 Å². The van der Waals surface area contributed by atoms with Gasteiger partial charge >= 0.3 is 0 Å². The zero-order chi connectivity index (χ0) is 18.0. The molecule has 134 valence electrons. The van der Waals surface area contributed by atoms with Crippen molar-refractivity contribution in [3.8, 4) is 0 Å². The van der Waals surface area contributed by atoms with Gasteiger partial charge in [-0.05, 0) is 44.2 Å². The SMILES string of the molecule is CC(=O)[C@H](O)[C@@H](CC(=O)C1=C(C)C2CCCC2N1)Cc1ccccc1. The Hall–Kier alpha value is -1.94. The quantitative estimate of drug-likeness (QED) is 0.800. The molecule has 1 aromatic carbocycles. The molecule has 1 fully saturated rings. The van der Waals surface area contributed by atoms with Crippen LogP contribution >= 0.6 is 0 Å². The summed E-state index contributed by atoms with van der Waals surface area (Å²) in [5.41, 5.74) is 2.91. The molecular weight excluding hydrogens is 314 g/mol. The van der Waals surface area contributed by atoms with Gasteiger partial charge in [0.05, 0.1) is 5.70 Å². The Morgan fingerprint density at radius 3 is 2.60 bits per heavy atom. The molecule has 0 saturated heterocycles. The third-order valence-corrected chi connectivity index (χ3v) is 5.73. The van der Waals surface area contributed by atoms with Crippen LogP contribution in [-0.2, 0) is 16.0 Å². The van der Waals surface area contributed by atoms with Gasteiger partial charge in [-0.15, -0.1) is 0 Å². The van der Waals surface area contributed by atoms with Crippen molar-refractivity contribution in [1.29, 1.82) is 0 Å². The van der Waals surface area contributed by atoms with E-state index in [9.17, 15) is 14.7 Å². The van der Waals surface area contributed by atoms with Crippen LogP contribution in [-0.4, -0.2) is 28.8 Å². The average Bonchev–Trinajstić information content (AvgIpc) is 3.17. The summed E-state index contributed by atoms with van der Waals surface area (Å²) in [7, 11) is 0. The zero-order valence-corrected chi connectivity index (χ0v) is 15.0. The van der Waals surface area contributed by atoms with Crippen LogP contribution in [0.25, 0.3) is 0 Å². The predicted molar refractivity (Wildman–Crippen MR) is 96.9 cm³/mol. The highest BCUT2D eigenvalue weighted by molar-refractivity contribution is 5.97. The van der Waals surface area contributed by atoms with Gasteiger partial charge in [-0.3, -0.25) is 9.59 Å². The summed E-state index contributed by atoms with van der Waals surface area (Å²) in [6.45, 7) is 3.43. The maximum atomic E-state index is 12.9. The molecule has 1 aliphatic carbocycles. The maximum Gasteiger partial charge on any atom is 0.179 e.